The molecule has 0 saturated carbocycles. The molecule has 0 amide bonds. The second-order valence-corrected chi connectivity index (χ2v) is 4.66. The van der Waals surface area contributed by atoms with E-state index in [0.717, 1.165) is 41.8 Å². The lowest BCUT2D eigenvalue weighted by Crippen LogP contribution is -2.01. The quantitative estimate of drug-likeness (QED) is 0.852. The summed E-state index contributed by atoms with van der Waals surface area (Å²) in [5.41, 5.74) is 0.939. The molecule has 6 nitrogen and oxygen atoms in total. The summed E-state index contributed by atoms with van der Waals surface area (Å²) < 4.78 is 1.87. The zero-order valence-electron chi connectivity index (χ0n) is 10.1. The predicted octanol–water partition coefficient (Wildman–Crippen LogP) is 2.03. The van der Waals surface area contributed by atoms with Crippen molar-refractivity contribution in [2.24, 2.45) is 0 Å². The van der Waals surface area contributed by atoms with E-state index in [4.69, 9.17) is 0 Å². The highest BCUT2D eigenvalue weighted by Gasteiger charge is 2.11. The highest BCUT2D eigenvalue weighted by atomic mass is 32.1. The van der Waals surface area contributed by atoms with Gasteiger partial charge in [-0.25, -0.2) is 4.68 Å². The first-order valence-corrected chi connectivity index (χ1v) is 6.63. The van der Waals surface area contributed by atoms with Crippen LogP contribution in [0.5, 0.6) is 0 Å². The van der Waals surface area contributed by atoms with Crippen LogP contribution in [-0.2, 0) is 6.54 Å². The topological polar surface area (TPSA) is 68.5 Å². The van der Waals surface area contributed by atoms with Crippen molar-refractivity contribution in [2.45, 2.75) is 33.2 Å². The fraction of sp³-hybridized carbons (Fsp3) is 0.600. The molecule has 17 heavy (non-hydrogen) atoms. The molecule has 0 aromatic carbocycles. The van der Waals surface area contributed by atoms with Crippen molar-refractivity contribution in [1.29, 1.82) is 0 Å². The summed E-state index contributed by atoms with van der Waals surface area (Å²) in [6, 6.07) is 0. The van der Waals surface area contributed by atoms with Gasteiger partial charge in [0.1, 0.15) is 5.69 Å². The lowest BCUT2D eigenvalue weighted by Gasteiger charge is -1.99. The summed E-state index contributed by atoms with van der Waals surface area (Å²) in [4.78, 5) is 0. The summed E-state index contributed by atoms with van der Waals surface area (Å²) in [7, 11) is 0. The van der Waals surface area contributed by atoms with Gasteiger partial charge in [0, 0.05) is 13.1 Å². The van der Waals surface area contributed by atoms with Gasteiger partial charge < -0.3 is 5.32 Å². The molecule has 92 valence electrons. The number of hydrogen-bond donors (Lipinski definition) is 1. The lowest BCUT2D eigenvalue weighted by molar-refractivity contribution is 0.584. The Labute approximate surface area is 104 Å². The fourth-order valence-corrected chi connectivity index (χ4v) is 2.21. The van der Waals surface area contributed by atoms with E-state index >= 15 is 0 Å². The van der Waals surface area contributed by atoms with Crippen LogP contribution in [0.3, 0.4) is 0 Å². The van der Waals surface area contributed by atoms with Crippen LogP contribution in [0, 0.1) is 0 Å². The van der Waals surface area contributed by atoms with E-state index < -0.39 is 0 Å². The number of nitrogens with one attached hydrogen (secondary N) is 1. The van der Waals surface area contributed by atoms with Gasteiger partial charge >= 0.3 is 0 Å². The molecule has 1 N–H and O–H groups in total. The molecule has 2 rings (SSSR count). The van der Waals surface area contributed by atoms with Crippen molar-refractivity contribution in [3.05, 3.63) is 6.20 Å². The third-order valence-electron chi connectivity index (χ3n) is 2.22. The molecule has 2 aromatic rings. The Morgan fingerprint density at radius 2 is 2.18 bits per heavy atom. The van der Waals surface area contributed by atoms with Crippen molar-refractivity contribution < 1.29 is 0 Å². The van der Waals surface area contributed by atoms with Crippen LogP contribution in [0.1, 0.15) is 26.7 Å². The van der Waals surface area contributed by atoms with Crippen LogP contribution in [0.2, 0.25) is 0 Å². The first-order valence-electron chi connectivity index (χ1n) is 5.81. The van der Waals surface area contributed by atoms with Crippen LogP contribution in [0.15, 0.2) is 6.20 Å². The van der Waals surface area contributed by atoms with Gasteiger partial charge in [-0.05, 0) is 12.8 Å². The van der Waals surface area contributed by atoms with Gasteiger partial charge in [-0.15, -0.1) is 15.3 Å². The van der Waals surface area contributed by atoms with Gasteiger partial charge in [0.15, 0.2) is 5.01 Å². The van der Waals surface area contributed by atoms with E-state index in [-0.39, 0.29) is 0 Å². The zero-order valence-corrected chi connectivity index (χ0v) is 10.9. The molecule has 2 aromatic heterocycles. The molecule has 0 fully saturated rings. The Morgan fingerprint density at radius 1 is 1.29 bits per heavy atom. The van der Waals surface area contributed by atoms with Crippen molar-refractivity contribution in [3.63, 3.8) is 0 Å². The summed E-state index contributed by atoms with van der Waals surface area (Å²) in [6.45, 7) is 6.00. The highest BCUT2D eigenvalue weighted by molar-refractivity contribution is 7.18. The molecule has 0 aliphatic heterocycles. The third kappa shape index (κ3) is 2.79. The van der Waals surface area contributed by atoms with E-state index in [0.29, 0.717) is 0 Å². The minimum atomic E-state index is 0.853. The normalized spacial score (nSPS) is 10.7. The molecule has 0 aliphatic carbocycles. The first-order chi connectivity index (χ1) is 8.35. The second kappa shape index (κ2) is 5.72. The van der Waals surface area contributed by atoms with E-state index in [1.165, 1.54) is 11.3 Å². The fourth-order valence-electron chi connectivity index (χ4n) is 1.43. The van der Waals surface area contributed by atoms with Crippen LogP contribution in [0.25, 0.3) is 10.7 Å². The smallest absolute Gasteiger partial charge is 0.206 e. The maximum Gasteiger partial charge on any atom is 0.206 e. The SMILES string of the molecule is CCCNc1nnc(-c2cnnn2CCC)s1. The molecule has 0 radical (unpaired) electrons. The van der Waals surface area contributed by atoms with Gasteiger partial charge in [-0.3, -0.25) is 0 Å². The van der Waals surface area contributed by atoms with Gasteiger partial charge in [-0.1, -0.05) is 30.4 Å². The Morgan fingerprint density at radius 3 is 2.94 bits per heavy atom. The minimum Gasteiger partial charge on any atom is -0.360 e. The molecule has 0 spiro atoms. The van der Waals surface area contributed by atoms with Crippen molar-refractivity contribution in [3.8, 4) is 10.7 Å². The van der Waals surface area contributed by atoms with E-state index in [1.807, 2.05) is 4.68 Å². The van der Waals surface area contributed by atoms with E-state index in [9.17, 15) is 0 Å². The maximum atomic E-state index is 4.16. The number of anilines is 1. The number of hydrogen-bond acceptors (Lipinski definition) is 6. The molecule has 2 heterocycles. The van der Waals surface area contributed by atoms with Crippen LogP contribution in [-0.4, -0.2) is 31.7 Å². The number of aryl methyl sites for hydroxylation is 1. The number of rotatable bonds is 6. The predicted molar refractivity (Wildman–Crippen MR) is 68.0 cm³/mol. The first kappa shape index (κ1) is 12.0. The summed E-state index contributed by atoms with van der Waals surface area (Å²) in [5, 5.41) is 21.2. The largest absolute Gasteiger partial charge is 0.360 e. The Kier molecular flexibility index (Phi) is 4.03. The van der Waals surface area contributed by atoms with Gasteiger partial charge in [-0.2, -0.15) is 0 Å². The minimum absolute atomic E-state index is 0.853. The average Bonchev–Trinajstić information content (AvgIpc) is 2.95. The van der Waals surface area contributed by atoms with Crippen LogP contribution < -0.4 is 5.32 Å². The van der Waals surface area contributed by atoms with Gasteiger partial charge in [0.05, 0.1) is 6.20 Å². The van der Waals surface area contributed by atoms with Crippen LogP contribution >= 0.6 is 11.3 Å². The van der Waals surface area contributed by atoms with Crippen molar-refractivity contribution in [1.82, 2.24) is 25.2 Å². The van der Waals surface area contributed by atoms with Gasteiger partial charge in [0.25, 0.3) is 0 Å². The number of aromatic nitrogens is 5. The van der Waals surface area contributed by atoms with Crippen molar-refractivity contribution >= 4 is 16.5 Å². The van der Waals surface area contributed by atoms with Crippen molar-refractivity contribution in [2.75, 3.05) is 11.9 Å². The Bertz CT molecular complexity index is 463. The standard InChI is InChI=1S/C10H16N6S/c1-3-5-11-10-14-13-9(17-10)8-7-12-15-16(8)6-4-2/h7H,3-6H2,1-2H3,(H,11,14). The van der Waals surface area contributed by atoms with E-state index in [2.05, 4.69) is 39.7 Å². The summed E-state index contributed by atoms with van der Waals surface area (Å²) in [5.74, 6) is 0. The molecule has 7 heteroatoms. The molecule has 0 aliphatic rings. The lowest BCUT2D eigenvalue weighted by atomic mass is 10.4. The molecule has 0 bridgehead atoms. The highest BCUT2D eigenvalue weighted by Crippen LogP contribution is 2.25. The molecule has 0 unspecified atom stereocenters. The zero-order chi connectivity index (χ0) is 12.1. The Balaban J connectivity index is 2.15. The number of nitrogens with zero attached hydrogens (tertiary/aromatic N) is 5. The average molecular weight is 252 g/mol. The van der Waals surface area contributed by atoms with Gasteiger partial charge in [0.2, 0.25) is 5.13 Å². The summed E-state index contributed by atoms with van der Waals surface area (Å²) in [6.07, 6.45) is 3.83. The monoisotopic (exact) mass is 252 g/mol. The third-order valence-corrected chi connectivity index (χ3v) is 3.13. The summed E-state index contributed by atoms with van der Waals surface area (Å²) >= 11 is 1.54. The molecule has 0 saturated heterocycles. The van der Waals surface area contributed by atoms with Crippen LogP contribution in [0.4, 0.5) is 5.13 Å². The molecule has 0 atom stereocenters. The molecular weight excluding hydrogens is 236 g/mol. The second-order valence-electron chi connectivity index (χ2n) is 3.68. The van der Waals surface area contributed by atoms with E-state index in [1.54, 1.807) is 6.20 Å². The molecular formula is C10H16N6S. The Hall–Kier alpha value is -1.50. The maximum absolute atomic E-state index is 4.16.